The van der Waals surface area contributed by atoms with E-state index < -0.39 is 0 Å². The van der Waals surface area contributed by atoms with E-state index in [2.05, 4.69) is 49.5 Å². The molecule has 0 bridgehead atoms. The summed E-state index contributed by atoms with van der Waals surface area (Å²) < 4.78 is 0. The number of nitrogens with one attached hydrogen (secondary N) is 1. The second kappa shape index (κ2) is 5.72. The minimum Gasteiger partial charge on any atom is -0.311 e. The van der Waals surface area contributed by atoms with E-state index in [9.17, 15) is 0 Å². The maximum atomic E-state index is 3.58. The number of thiophene rings is 1. The molecule has 1 fully saturated rings. The van der Waals surface area contributed by atoms with Crippen LogP contribution in [0.2, 0.25) is 0 Å². The van der Waals surface area contributed by atoms with Crippen LogP contribution in [0.4, 0.5) is 0 Å². The van der Waals surface area contributed by atoms with Crippen LogP contribution in [0, 0.1) is 6.92 Å². The molecule has 0 aromatic carbocycles. The summed E-state index contributed by atoms with van der Waals surface area (Å²) in [6, 6.07) is 2.73. The van der Waals surface area contributed by atoms with Crippen molar-refractivity contribution in [3.63, 3.8) is 0 Å². The van der Waals surface area contributed by atoms with E-state index in [1.807, 2.05) is 11.3 Å². The van der Waals surface area contributed by atoms with Gasteiger partial charge < -0.3 is 5.32 Å². The van der Waals surface area contributed by atoms with Gasteiger partial charge in [0.2, 0.25) is 0 Å². The third-order valence-electron chi connectivity index (χ3n) is 4.66. The summed E-state index contributed by atoms with van der Waals surface area (Å²) in [5.41, 5.74) is 1.72. The number of likely N-dealkylation sites (N-methyl/N-ethyl adjacent to an activating group) is 1. The van der Waals surface area contributed by atoms with E-state index in [0.29, 0.717) is 6.04 Å². The van der Waals surface area contributed by atoms with E-state index in [1.165, 1.54) is 42.8 Å². The summed E-state index contributed by atoms with van der Waals surface area (Å²) in [6.07, 6.45) is 3.90. The van der Waals surface area contributed by atoms with Crippen molar-refractivity contribution < 1.29 is 0 Å². The molecule has 0 aliphatic carbocycles. The average Bonchev–Trinajstić information content (AvgIpc) is 3.02. The molecule has 3 heteroatoms. The molecule has 1 aliphatic heterocycles. The lowest BCUT2D eigenvalue weighted by Gasteiger charge is -2.44. The maximum Gasteiger partial charge on any atom is 0.0512 e. The molecule has 1 aromatic heterocycles. The zero-order chi connectivity index (χ0) is 13.2. The summed E-state index contributed by atoms with van der Waals surface area (Å²) in [6.45, 7) is 9.50. The van der Waals surface area contributed by atoms with E-state index >= 15 is 0 Å². The van der Waals surface area contributed by atoms with E-state index in [-0.39, 0.29) is 5.54 Å². The van der Waals surface area contributed by atoms with Gasteiger partial charge in [-0.3, -0.25) is 4.90 Å². The molecule has 2 atom stereocenters. The van der Waals surface area contributed by atoms with Gasteiger partial charge in [-0.25, -0.2) is 0 Å². The van der Waals surface area contributed by atoms with Crippen molar-refractivity contribution in [2.45, 2.75) is 51.6 Å². The first-order valence-electron chi connectivity index (χ1n) is 7.09. The Morgan fingerprint density at radius 1 is 1.44 bits per heavy atom. The smallest absolute Gasteiger partial charge is 0.0512 e. The number of aryl methyl sites for hydroxylation is 1. The third kappa shape index (κ3) is 2.36. The van der Waals surface area contributed by atoms with E-state index in [0.717, 1.165) is 0 Å². The molecule has 0 amide bonds. The van der Waals surface area contributed by atoms with Crippen molar-refractivity contribution in [3.8, 4) is 0 Å². The minimum absolute atomic E-state index is 0.233. The van der Waals surface area contributed by atoms with Crippen LogP contribution in [0.25, 0.3) is 0 Å². The van der Waals surface area contributed by atoms with Gasteiger partial charge in [-0.15, -0.1) is 11.3 Å². The predicted molar refractivity (Wildman–Crippen MR) is 80.4 cm³/mol. The zero-order valence-electron chi connectivity index (χ0n) is 12.1. The number of hydrogen-bond acceptors (Lipinski definition) is 3. The zero-order valence-corrected chi connectivity index (χ0v) is 12.9. The molecule has 1 N–H and O–H groups in total. The first kappa shape index (κ1) is 14.0. The molecule has 2 heterocycles. The van der Waals surface area contributed by atoms with Gasteiger partial charge in [0.15, 0.2) is 0 Å². The molecule has 1 aliphatic rings. The van der Waals surface area contributed by atoms with Crippen LogP contribution in [-0.2, 0) is 0 Å². The lowest BCUT2D eigenvalue weighted by Crippen LogP contribution is -2.52. The van der Waals surface area contributed by atoms with Gasteiger partial charge >= 0.3 is 0 Å². The second-order valence-electron chi connectivity index (χ2n) is 5.56. The van der Waals surface area contributed by atoms with Crippen LogP contribution in [0.5, 0.6) is 0 Å². The highest BCUT2D eigenvalue weighted by Gasteiger charge is 2.40. The summed E-state index contributed by atoms with van der Waals surface area (Å²) in [5, 5.41) is 5.80. The second-order valence-corrected chi connectivity index (χ2v) is 6.68. The Hall–Kier alpha value is -0.380. The molecule has 18 heavy (non-hydrogen) atoms. The number of rotatable bonds is 5. The largest absolute Gasteiger partial charge is 0.311 e. The Balaban J connectivity index is 2.31. The van der Waals surface area contributed by atoms with Crippen LogP contribution in [0.3, 0.4) is 0 Å². The van der Waals surface area contributed by atoms with Gasteiger partial charge in [-0.2, -0.15) is 0 Å². The Morgan fingerprint density at radius 2 is 2.11 bits per heavy atom. The fourth-order valence-electron chi connectivity index (χ4n) is 3.33. The van der Waals surface area contributed by atoms with Crippen LogP contribution in [0.1, 0.15) is 49.6 Å². The molecule has 0 spiro atoms. The normalized spacial score (nSPS) is 22.0. The van der Waals surface area contributed by atoms with Crippen LogP contribution in [0.15, 0.2) is 11.4 Å². The van der Waals surface area contributed by atoms with Gasteiger partial charge in [0.1, 0.15) is 0 Å². The Labute approximate surface area is 115 Å². The van der Waals surface area contributed by atoms with Crippen LogP contribution in [-0.4, -0.2) is 30.6 Å². The van der Waals surface area contributed by atoms with Crippen molar-refractivity contribution in [1.82, 2.24) is 10.2 Å². The monoisotopic (exact) mass is 266 g/mol. The first-order valence-corrected chi connectivity index (χ1v) is 7.97. The Morgan fingerprint density at radius 3 is 2.56 bits per heavy atom. The van der Waals surface area contributed by atoms with Gasteiger partial charge in [-0.05, 0) is 70.3 Å². The average molecular weight is 266 g/mol. The standard InChI is InChI=1S/C15H26N2S/c1-5-15(3,17-9-6-7-10-17)14(16-4)13-8-11-18-12(13)2/h8,11,14,16H,5-7,9-10H2,1-4H3. The van der Waals surface area contributed by atoms with Gasteiger partial charge in [0, 0.05) is 10.4 Å². The van der Waals surface area contributed by atoms with Crippen molar-refractivity contribution in [1.29, 1.82) is 0 Å². The predicted octanol–water partition coefficient (Wildman–Crippen LogP) is 3.58. The number of nitrogens with zero attached hydrogens (tertiary/aromatic N) is 1. The maximum absolute atomic E-state index is 3.58. The highest BCUT2D eigenvalue weighted by atomic mass is 32.1. The first-order chi connectivity index (χ1) is 8.63. The van der Waals surface area contributed by atoms with Crippen molar-refractivity contribution in [2.75, 3.05) is 20.1 Å². The van der Waals surface area contributed by atoms with Gasteiger partial charge in [-0.1, -0.05) is 6.92 Å². The molecule has 2 nitrogen and oxygen atoms in total. The summed E-state index contributed by atoms with van der Waals surface area (Å²) >= 11 is 1.86. The van der Waals surface area contributed by atoms with Crippen LogP contribution < -0.4 is 5.32 Å². The summed E-state index contributed by atoms with van der Waals surface area (Å²) in [5.74, 6) is 0. The fraction of sp³-hybridized carbons (Fsp3) is 0.733. The van der Waals surface area contributed by atoms with E-state index in [4.69, 9.17) is 0 Å². The van der Waals surface area contributed by atoms with Gasteiger partial charge in [0.05, 0.1) is 6.04 Å². The quantitative estimate of drug-likeness (QED) is 0.876. The highest BCUT2D eigenvalue weighted by molar-refractivity contribution is 7.10. The Kier molecular flexibility index (Phi) is 4.46. The van der Waals surface area contributed by atoms with Crippen LogP contribution >= 0.6 is 11.3 Å². The Bertz CT molecular complexity index is 382. The topological polar surface area (TPSA) is 15.3 Å². The number of likely N-dealkylation sites (tertiary alicyclic amines) is 1. The summed E-state index contributed by atoms with van der Waals surface area (Å²) in [7, 11) is 2.10. The minimum atomic E-state index is 0.233. The molecule has 1 saturated heterocycles. The molecule has 0 saturated carbocycles. The molecular weight excluding hydrogens is 240 g/mol. The van der Waals surface area contributed by atoms with Crippen molar-refractivity contribution in [3.05, 3.63) is 21.9 Å². The number of hydrogen-bond donors (Lipinski definition) is 1. The van der Waals surface area contributed by atoms with E-state index in [1.54, 1.807) is 0 Å². The van der Waals surface area contributed by atoms with Gasteiger partial charge in [0.25, 0.3) is 0 Å². The lowest BCUT2D eigenvalue weighted by molar-refractivity contribution is 0.0872. The SMILES string of the molecule is CCC(C)(C(NC)c1ccsc1C)N1CCCC1. The van der Waals surface area contributed by atoms with Crippen molar-refractivity contribution >= 4 is 11.3 Å². The fourth-order valence-corrected chi connectivity index (χ4v) is 4.07. The van der Waals surface area contributed by atoms with Crippen molar-refractivity contribution in [2.24, 2.45) is 0 Å². The molecule has 1 aromatic rings. The summed E-state index contributed by atoms with van der Waals surface area (Å²) in [4.78, 5) is 4.14. The molecular formula is C15H26N2S. The molecule has 102 valence electrons. The molecule has 0 radical (unpaired) electrons. The molecule has 2 unspecified atom stereocenters. The molecule has 2 rings (SSSR count). The highest BCUT2D eigenvalue weighted by Crippen LogP contribution is 2.38. The lowest BCUT2D eigenvalue weighted by atomic mass is 9.83. The third-order valence-corrected chi connectivity index (χ3v) is 5.53.